The standard InChI is InChI=1S/C33H63NO4/c1-4-5-6-7-19-22-26-31(38-33(37)29-25-30-34(2)3)27-23-20-17-15-13-11-9-8-10-12-14-16-18-21-24-28-32(35)36/h8,10,31H,4-7,9,11-30H2,1-3H3,(H,35,36)/b10-8-. The molecular weight excluding hydrogens is 474 g/mol. The van der Waals surface area contributed by atoms with Crippen molar-refractivity contribution < 1.29 is 19.4 Å². The van der Waals surface area contributed by atoms with Gasteiger partial charge in [-0.05, 0) is 84.8 Å². The van der Waals surface area contributed by atoms with Gasteiger partial charge in [-0.3, -0.25) is 9.59 Å². The normalized spacial score (nSPS) is 12.4. The SMILES string of the molecule is CCCCCCCCC(CCCCCCCC/C=C\CCCCCCCC(=O)O)OC(=O)CCCN(C)C. The van der Waals surface area contributed by atoms with Crippen LogP contribution >= 0.6 is 0 Å². The molecule has 0 radical (unpaired) electrons. The van der Waals surface area contributed by atoms with Gasteiger partial charge in [-0.15, -0.1) is 0 Å². The number of ether oxygens (including phenoxy) is 1. The van der Waals surface area contributed by atoms with Gasteiger partial charge in [0, 0.05) is 12.8 Å². The fourth-order valence-corrected chi connectivity index (χ4v) is 4.84. The lowest BCUT2D eigenvalue weighted by Crippen LogP contribution is -2.20. The monoisotopic (exact) mass is 537 g/mol. The van der Waals surface area contributed by atoms with Crippen LogP contribution in [-0.2, 0) is 14.3 Å². The number of unbranched alkanes of at least 4 members (excludes halogenated alkanes) is 16. The molecule has 5 nitrogen and oxygen atoms in total. The molecule has 0 aliphatic carbocycles. The highest BCUT2D eigenvalue weighted by molar-refractivity contribution is 5.69. The van der Waals surface area contributed by atoms with E-state index in [2.05, 4.69) is 24.0 Å². The molecule has 0 bridgehead atoms. The minimum atomic E-state index is -0.676. The Labute approximate surface area is 236 Å². The molecule has 0 spiro atoms. The van der Waals surface area contributed by atoms with Gasteiger partial charge in [0.1, 0.15) is 6.10 Å². The third-order valence-electron chi connectivity index (χ3n) is 7.24. The van der Waals surface area contributed by atoms with E-state index in [0.29, 0.717) is 12.8 Å². The summed E-state index contributed by atoms with van der Waals surface area (Å²) in [4.78, 5) is 24.9. The summed E-state index contributed by atoms with van der Waals surface area (Å²) in [6.07, 6.45) is 31.6. The number of allylic oxidation sites excluding steroid dienone is 2. The molecule has 0 aliphatic rings. The lowest BCUT2D eigenvalue weighted by molar-refractivity contribution is -0.150. The molecule has 0 aliphatic heterocycles. The van der Waals surface area contributed by atoms with Crippen molar-refractivity contribution in [1.29, 1.82) is 0 Å². The fraction of sp³-hybridized carbons (Fsp3) is 0.879. The maximum absolute atomic E-state index is 12.3. The lowest BCUT2D eigenvalue weighted by atomic mass is 10.0. The Morgan fingerprint density at radius 3 is 1.63 bits per heavy atom. The van der Waals surface area contributed by atoms with Crippen LogP contribution in [0.3, 0.4) is 0 Å². The number of esters is 1. The van der Waals surface area contributed by atoms with E-state index in [-0.39, 0.29) is 12.1 Å². The highest BCUT2D eigenvalue weighted by atomic mass is 16.5. The number of hydrogen-bond donors (Lipinski definition) is 1. The number of hydrogen-bond acceptors (Lipinski definition) is 4. The third kappa shape index (κ3) is 29.2. The van der Waals surface area contributed by atoms with Crippen LogP contribution in [0.2, 0.25) is 0 Å². The molecule has 38 heavy (non-hydrogen) atoms. The number of rotatable bonds is 29. The number of aliphatic carboxylic acids is 1. The van der Waals surface area contributed by atoms with E-state index in [1.807, 2.05) is 14.1 Å². The van der Waals surface area contributed by atoms with Crippen molar-refractivity contribution in [2.24, 2.45) is 0 Å². The van der Waals surface area contributed by atoms with Gasteiger partial charge in [0.25, 0.3) is 0 Å². The molecule has 0 heterocycles. The Balaban J connectivity index is 3.83. The predicted octanol–water partition coefficient (Wildman–Crippen LogP) is 9.48. The van der Waals surface area contributed by atoms with Crippen molar-refractivity contribution in [3.8, 4) is 0 Å². The molecule has 224 valence electrons. The molecule has 5 heteroatoms. The fourth-order valence-electron chi connectivity index (χ4n) is 4.84. The molecule has 0 amide bonds. The van der Waals surface area contributed by atoms with E-state index < -0.39 is 5.97 Å². The Kier molecular flexibility index (Phi) is 27.6. The zero-order valence-corrected chi connectivity index (χ0v) is 25.5. The number of carbonyl (C=O) groups is 2. The molecular formula is C33H63NO4. The van der Waals surface area contributed by atoms with Crippen molar-refractivity contribution >= 4 is 11.9 Å². The summed E-state index contributed by atoms with van der Waals surface area (Å²) < 4.78 is 5.91. The van der Waals surface area contributed by atoms with E-state index >= 15 is 0 Å². The first kappa shape index (κ1) is 36.6. The van der Waals surface area contributed by atoms with Gasteiger partial charge in [-0.1, -0.05) is 96.1 Å². The quantitative estimate of drug-likeness (QED) is 0.0584. The van der Waals surface area contributed by atoms with Crippen molar-refractivity contribution in [3.05, 3.63) is 12.2 Å². The van der Waals surface area contributed by atoms with Crippen molar-refractivity contribution in [2.45, 2.75) is 167 Å². The topological polar surface area (TPSA) is 66.8 Å². The van der Waals surface area contributed by atoms with Crippen LogP contribution in [0.4, 0.5) is 0 Å². The second-order valence-electron chi connectivity index (χ2n) is 11.4. The minimum Gasteiger partial charge on any atom is -0.481 e. The first-order chi connectivity index (χ1) is 18.5. The molecule has 0 aromatic rings. The number of carboxylic acid groups (broad SMARTS) is 1. The summed E-state index contributed by atoms with van der Waals surface area (Å²) in [7, 11) is 4.09. The Hall–Kier alpha value is -1.36. The minimum absolute atomic E-state index is 0.00775. The maximum atomic E-state index is 12.3. The second kappa shape index (κ2) is 28.6. The van der Waals surface area contributed by atoms with Gasteiger partial charge in [0.05, 0.1) is 0 Å². The largest absolute Gasteiger partial charge is 0.481 e. The molecule has 1 atom stereocenters. The highest BCUT2D eigenvalue weighted by Gasteiger charge is 2.14. The summed E-state index contributed by atoms with van der Waals surface area (Å²) in [5, 5.41) is 8.64. The smallest absolute Gasteiger partial charge is 0.306 e. The van der Waals surface area contributed by atoms with Crippen molar-refractivity contribution in [2.75, 3.05) is 20.6 Å². The van der Waals surface area contributed by atoms with Crippen molar-refractivity contribution in [1.82, 2.24) is 4.90 Å². The van der Waals surface area contributed by atoms with Crippen LogP contribution in [0.25, 0.3) is 0 Å². The molecule has 0 fully saturated rings. The second-order valence-corrected chi connectivity index (χ2v) is 11.4. The van der Waals surface area contributed by atoms with Gasteiger partial charge in [0.2, 0.25) is 0 Å². The van der Waals surface area contributed by atoms with E-state index in [9.17, 15) is 9.59 Å². The van der Waals surface area contributed by atoms with Gasteiger partial charge in [0.15, 0.2) is 0 Å². The van der Waals surface area contributed by atoms with Crippen molar-refractivity contribution in [3.63, 3.8) is 0 Å². The van der Waals surface area contributed by atoms with Gasteiger partial charge in [-0.2, -0.15) is 0 Å². The Morgan fingerprint density at radius 2 is 1.13 bits per heavy atom. The van der Waals surface area contributed by atoms with E-state index in [1.165, 1.54) is 96.3 Å². The number of carboxylic acids is 1. The van der Waals surface area contributed by atoms with E-state index in [4.69, 9.17) is 9.84 Å². The molecule has 1 unspecified atom stereocenters. The van der Waals surface area contributed by atoms with Crippen LogP contribution in [-0.4, -0.2) is 48.7 Å². The summed E-state index contributed by atoms with van der Waals surface area (Å²) in [6, 6.07) is 0. The molecule has 1 N–H and O–H groups in total. The maximum Gasteiger partial charge on any atom is 0.306 e. The molecule has 0 saturated heterocycles. The average molecular weight is 538 g/mol. The third-order valence-corrected chi connectivity index (χ3v) is 7.24. The lowest BCUT2D eigenvalue weighted by Gasteiger charge is -2.18. The summed E-state index contributed by atoms with van der Waals surface area (Å²) in [6.45, 7) is 3.19. The van der Waals surface area contributed by atoms with Gasteiger partial charge in [-0.25, -0.2) is 0 Å². The van der Waals surface area contributed by atoms with Crippen LogP contribution in [0.5, 0.6) is 0 Å². The molecule has 0 aromatic carbocycles. The molecule has 0 rings (SSSR count). The first-order valence-corrected chi connectivity index (χ1v) is 16.2. The summed E-state index contributed by atoms with van der Waals surface area (Å²) in [5.74, 6) is -0.684. The van der Waals surface area contributed by atoms with E-state index in [0.717, 1.165) is 51.5 Å². The van der Waals surface area contributed by atoms with Gasteiger partial charge >= 0.3 is 11.9 Å². The summed E-state index contributed by atoms with van der Waals surface area (Å²) >= 11 is 0. The zero-order valence-electron chi connectivity index (χ0n) is 25.5. The summed E-state index contributed by atoms with van der Waals surface area (Å²) in [5.41, 5.74) is 0. The average Bonchev–Trinajstić information content (AvgIpc) is 2.87. The van der Waals surface area contributed by atoms with E-state index in [1.54, 1.807) is 0 Å². The van der Waals surface area contributed by atoms with Crippen LogP contribution < -0.4 is 0 Å². The Bertz CT molecular complexity index is 561. The zero-order chi connectivity index (χ0) is 28.1. The first-order valence-electron chi connectivity index (χ1n) is 16.2. The molecule has 0 aromatic heterocycles. The number of carbonyl (C=O) groups excluding carboxylic acids is 1. The van der Waals surface area contributed by atoms with Crippen LogP contribution in [0, 0.1) is 0 Å². The predicted molar refractivity (Wildman–Crippen MR) is 162 cm³/mol. The van der Waals surface area contributed by atoms with Crippen LogP contribution in [0.15, 0.2) is 12.2 Å². The Morgan fingerprint density at radius 1 is 0.658 bits per heavy atom. The highest BCUT2D eigenvalue weighted by Crippen LogP contribution is 2.18. The number of nitrogens with zero attached hydrogens (tertiary/aromatic N) is 1. The van der Waals surface area contributed by atoms with Gasteiger partial charge < -0.3 is 14.7 Å². The van der Waals surface area contributed by atoms with Crippen LogP contribution in [0.1, 0.15) is 161 Å². The molecule has 0 saturated carbocycles.